The standard InChI is InChI=1S/C10H21OSSi/c1-8(2)13(9(3)4)7-5-6-10(11)12/h8-9H,5-7H2,1-4H3,(H,11,12). The van der Waals surface area contributed by atoms with Crippen LogP contribution in [0.1, 0.15) is 40.5 Å². The third-order valence-corrected chi connectivity index (χ3v) is 6.46. The van der Waals surface area contributed by atoms with Crippen molar-refractivity contribution in [2.24, 2.45) is 0 Å². The molecule has 0 unspecified atom stereocenters. The molecular formula is C10H21OSSi. The summed E-state index contributed by atoms with van der Waals surface area (Å²) in [6, 6.07) is 1.26. The normalized spacial score (nSPS) is 11.7. The van der Waals surface area contributed by atoms with E-state index in [4.69, 9.17) is 0 Å². The SMILES string of the molecule is CC(C)[Si](CCCC(=O)S)C(C)C. The predicted molar refractivity (Wildman–Crippen MR) is 64.0 cm³/mol. The maximum Gasteiger partial charge on any atom is 0.185 e. The van der Waals surface area contributed by atoms with Crippen molar-refractivity contribution in [1.29, 1.82) is 0 Å². The van der Waals surface area contributed by atoms with Gasteiger partial charge in [-0.15, -0.1) is 12.6 Å². The Hall–Kier alpha value is 0.237. The van der Waals surface area contributed by atoms with Gasteiger partial charge in [-0.05, 0) is 6.42 Å². The molecule has 0 atom stereocenters. The van der Waals surface area contributed by atoms with Crippen molar-refractivity contribution in [3.8, 4) is 0 Å². The number of hydrogen-bond donors (Lipinski definition) is 1. The maximum atomic E-state index is 10.6. The molecule has 1 nitrogen and oxygen atoms in total. The lowest BCUT2D eigenvalue weighted by Gasteiger charge is -2.22. The van der Waals surface area contributed by atoms with Gasteiger partial charge >= 0.3 is 0 Å². The van der Waals surface area contributed by atoms with Gasteiger partial charge in [-0.2, -0.15) is 0 Å². The van der Waals surface area contributed by atoms with Crippen LogP contribution in [-0.2, 0) is 4.79 Å². The Morgan fingerprint density at radius 2 is 1.69 bits per heavy atom. The van der Waals surface area contributed by atoms with Gasteiger partial charge in [0, 0.05) is 6.42 Å². The first-order valence-corrected chi connectivity index (χ1v) is 7.33. The zero-order valence-electron chi connectivity index (χ0n) is 9.13. The van der Waals surface area contributed by atoms with Crippen molar-refractivity contribution in [2.45, 2.75) is 57.7 Å². The van der Waals surface area contributed by atoms with Crippen LogP contribution >= 0.6 is 12.6 Å². The molecule has 0 bridgehead atoms. The second-order valence-electron chi connectivity index (χ2n) is 4.13. The molecule has 3 heteroatoms. The number of rotatable bonds is 6. The lowest BCUT2D eigenvalue weighted by molar-refractivity contribution is -0.110. The summed E-state index contributed by atoms with van der Waals surface area (Å²) in [5, 5.41) is 0.0360. The first-order chi connectivity index (χ1) is 5.95. The number of thiol groups is 1. The van der Waals surface area contributed by atoms with Gasteiger partial charge in [0.2, 0.25) is 0 Å². The summed E-state index contributed by atoms with van der Waals surface area (Å²) in [6.07, 6.45) is 1.68. The van der Waals surface area contributed by atoms with E-state index in [9.17, 15) is 4.79 Å². The van der Waals surface area contributed by atoms with Crippen molar-refractivity contribution in [2.75, 3.05) is 0 Å². The van der Waals surface area contributed by atoms with Crippen LogP contribution in [0.2, 0.25) is 17.1 Å². The van der Waals surface area contributed by atoms with E-state index in [2.05, 4.69) is 40.3 Å². The lowest BCUT2D eigenvalue weighted by Crippen LogP contribution is -2.20. The first-order valence-electron chi connectivity index (χ1n) is 5.02. The van der Waals surface area contributed by atoms with Crippen LogP contribution in [0.15, 0.2) is 0 Å². The molecule has 0 amide bonds. The van der Waals surface area contributed by atoms with Gasteiger partial charge < -0.3 is 0 Å². The lowest BCUT2D eigenvalue weighted by atomic mass is 10.4. The van der Waals surface area contributed by atoms with Gasteiger partial charge in [0.25, 0.3) is 0 Å². The van der Waals surface area contributed by atoms with Crippen LogP contribution in [0.5, 0.6) is 0 Å². The van der Waals surface area contributed by atoms with Crippen LogP contribution in [0.25, 0.3) is 0 Å². The quantitative estimate of drug-likeness (QED) is 0.532. The van der Waals surface area contributed by atoms with Gasteiger partial charge in [-0.25, -0.2) is 0 Å². The minimum absolute atomic E-state index is 0.0360. The minimum Gasteiger partial charge on any atom is -0.288 e. The molecule has 1 radical (unpaired) electrons. The molecule has 0 spiro atoms. The summed E-state index contributed by atoms with van der Waals surface area (Å²) < 4.78 is 0. The van der Waals surface area contributed by atoms with Gasteiger partial charge in [-0.3, -0.25) is 4.79 Å². The van der Waals surface area contributed by atoms with E-state index >= 15 is 0 Å². The summed E-state index contributed by atoms with van der Waals surface area (Å²) in [5.74, 6) is 0. The molecule has 0 rings (SSSR count). The molecule has 0 aromatic rings. The van der Waals surface area contributed by atoms with Crippen molar-refractivity contribution >= 4 is 26.5 Å². The number of carbonyl (C=O) groups is 1. The second-order valence-corrected chi connectivity index (χ2v) is 8.59. The highest BCUT2D eigenvalue weighted by Gasteiger charge is 2.18. The molecule has 0 aliphatic rings. The molecule has 0 heterocycles. The molecule has 0 aliphatic carbocycles. The molecule has 77 valence electrons. The summed E-state index contributed by atoms with van der Waals surface area (Å²) in [6.45, 7) is 9.21. The van der Waals surface area contributed by atoms with Gasteiger partial charge in [-0.1, -0.05) is 44.8 Å². The van der Waals surface area contributed by atoms with E-state index in [0.717, 1.165) is 17.5 Å². The molecule has 0 N–H and O–H groups in total. The van der Waals surface area contributed by atoms with Crippen LogP contribution < -0.4 is 0 Å². The van der Waals surface area contributed by atoms with E-state index in [1.54, 1.807) is 0 Å². The highest BCUT2D eigenvalue weighted by molar-refractivity contribution is 7.96. The topological polar surface area (TPSA) is 17.1 Å². The van der Waals surface area contributed by atoms with Crippen LogP contribution in [0.3, 0.4) is 0 Å². The van der Waals surface area contributed by atoms with Crippen molar-refractivity contribution in [3.05, 3.63) is 0 Å². The molecule has 0 saturated heterocycles. The number of hydrogen-bond acceptors (Lipinski definition) is 1. The summed E-state index contributed by atoms with van der Waals surface area (Å²) in [5.41, 5.74) is 1.64. The zero-order chi connectivity index (χ0) is 10.4. The highest BCUT2D eigenvalue weighted by Crippen LogP contribution is 2.25. The monoisotopic (exact) mass is 217 g/mol. The summed E-state index contributed by atoms with van der Waals surface area (Å²) in [4.78, 5) is 10.6. The van der Waals surface area contributed by atoms with E-state index in [1.807, 2.05) is 0 Å². The Kier molecular flexibility index (Phi) is 6.78. The fraction of sp³-hybridized carbons (Fsp3) is 0.900. The highest BCUT2D eigenvalue weighted by atomic mass is 32.1. The van der Waals surface area contributed by atoms with Gasteiger partial charge in [0.1, 0.15) is 0 Å². The average molecular weight is 217 g/mol. The Labute approximate surface area is 89.3 Å². The van der Waals surface area contributed by atoms with Crippen molar-refractivity contribution < 1.29 is 4.79 Å². The third kappa shape index (κ3) is 6.33. The predicted octanol–water partition coefficient (Wildman–Crippen LogP) is 3.54. The smallest absolute Gasteiger partial charge is 0.185 e. The van der Waals surface area contributed by atoms with E-state index in [0.29, 0.717) is 6.42 Å². The Balaban J connectivity index is 3.77. The van der Waals surface area contributed by atoms with E-state index in [-0.39, 0.29) is 13.9 Å². The molecule has 0 aromatic heterocycles. The molecule has 0 saturated carbocycles. The van der Waals surface area contributed by atoms with Crippen LogP contribution in [-0.4, -0.2) is 13.9 Å². The second kappa shape index (κ2) is 6.66. The Morgan fingerprint density at radius 3 is 2.00 bits per heavy atom. The number of carbonyl (C=O) groups excluding carboxylic acids is 1. The van der Waals surface area contributed by atoms with Gasteiger partial charge in [0.05, 0.1) is 8.80 Å². The first kappa shape index (κ1) is 13.2. The minimum atomic E-state index is -0.260. The summed E-state index contributed by atoms with van der Waals surface area (Å²) >= 11 is 3.78. The average Bonchev–Trinajstić information content (AvgIpc) is 1.95. The van der Waals surface area contributed by atoms with Crippen molar-refractivity contribution in [1.82, 2.24) is 0 Å². The van der Waals surface area contributed by atoms with E-state index < -0.39 is 0 Å². The van der Waals surface area contributed by atoms with Crippen LogP contribution in [0.4, 0.5) is 0 Å². The fourth-order valence-electron chi connectivity index (χ4n) is 1.69. The van der Waals surface area contributed by atoms with Crippen LogP contribution in [0, 0.1) is 0 Å². The molecular weight excluding hydrogens is 196 g/mol. The zero-order valence-corrected chi connectivity index (χ0v) is 11.0. The Bertz CT molecular complexity index is 149. The molecule has 0 fully saturated rings. The molecule has 0 aliphatic heterocycles. The molecule has 0 aromatic carbocycles. The largest absolute Gasteiger partial charge is 0.288 e. The van der Waals surface area contributed by atoms with E-state index in [1.165, 1.54) is 6.04 Å². The van der Waals surface area contributed by atoms with Crippen molar-refractivity contribution in [3.63, 3.8) is 0 Å². The Morgan fingerprint density at radius 1 is 1.23 bits per heavy atom. The third-order valence-electron chi connectivity index (χ3n) is 2.34. The summed E-state index contributed by atoms with van der Waals surface area (Å²) in [7, 11) is -0.260. The fourth-order valence-corrected chi connectivity index (χ4v) is 4.92. The molecule has 13 heavy (non-hydrogen) atoms. The maximum absolute atomic E-state index is 10.6. The van der Waals surface area contributed by atoms with Gasteiger partial charge in [0.15, 0.2) is 5.12 Å².